The molecule has 0 heterocycles. The van der Waals surface area contributed by atoms with E-state index in [2.05, 4.69) is 5.32 Å². The minimum absolute atomic E-state index is 0.0548. The molecule has 0 radical (unpaired) electrons. The molecule has 0 spiro atoms. The molecule has 3 atom stereocenters. The predicted molar refractivity (Wildman–Crippen MR) is 72.5 cm³/mol. The van der Waals surface area contributed by atoms with E-state index >= 15 is 0 Å². The second kappa shape index (κ2) is 7.63. The summed E-state index contributed by atoms with van der Waals surface area (Å²) in [4.78, 5) is 22.7. The van der Waals surface area contributed by atoms with Crippen LogP contribution in [0.4, 0.5) is 0 Å². The second-order valence-electron chi connectivity index (χ2n) is 4.77. The number of amides is 1. The van der Waals surface area contributed by atoms with E-state index in [0.717, 1.165) is 18.6 Å². The van der Waals surface area contributed by atoms with Crippen LogP contribution in [0.5, 0.6) is 0 Å². The number of nitrogens with two attached hydrogens (primary N) is 1. The Morgan fingerprint density at radius 2 is 2.22 bits per heavy atom. The molecule has 1 rings (SSSR count). The number of carboxylic acids is 1. The van der Waals surface area contributed by atoms with E-state index in [1.165, 1.54) is 0 Å². The first kappa shape index (κ1) is 15.3. The molecule has 18 heavy (non-hydrogen) atoms. The molecule has 1 aliphatic rings. The first-order valence-corrected chi connectivity index (χ1v) is 7.70. The maximum absolute atomic E-state index is 11.7. The number of thioether (sulfide) groups is 1. The van der Waals surface area contributed by atoms with Gasteiger partial charge in [0.2, 0.25) is 5.91 Å². The highest BCUT2D eigenvalue weighted by Crippen LogP contribution is 2.31. The molecule has 2 unspecified atom stereocenters. The summed E-state index contributed by atoms with van der Waals surface area (Å²) in [5, 5.41) is 11.8. The van der Waals surface area contributed by atoms with Crippen LogP contribution in [0.3, 0.4) is 0 Å². The summed E-state index contributed by atoms with van der Waals surface area (Å²) in [5.74, 6) is -0.319. The zero-order valence-electron chi connectivity index (χ0n) is 10.7. The van der Waals surface area contributed by atoms with Gasteiger partial charge in [0.1, 0.15) is 0 Å². The van der Waals surface area contributed by atoms with Crippen LogP contribution in [-0.4, -0.2) is 41.6 Å². The standard InChI is InChI=1S/C12H22N2O3S/c1-18-6-5-10(13)11(15)14-7-8-3-2-4-9(8)12(16)17/h8-10H,2-7,13H2,1H3,(H,14,15)(H,16,17)/t8?,9?,10-/m1/s1. The number of aliphatic carboxylic acids is 1. The summed E-state index contributed by atoms with van der Waals surface area (Å²) in [6.45, 7) is 0.433. The Labute approximate surface area is 112 Å². The molecule has 0 aliphatic heterocycles. The molecule has 0 aromatic heterocycles. The molecule has 6 heteroatoms. The van der Waals surface area contributed by atoms with E-state index in [4.69, 9.17) is 10.8 Å². The zero-order valence-corrected chi connectivity index (χ0v) is 11.5. The van der Waals surface area contributed by atoms with Crippen molar-refractivity contribution >= 4 is 23.6 Å². The lowest BCUT2D eigenvalue weighted by atomic mass is 9.96. The van der Waals surface area contributed by atoms with Gasteiger partial charge in [-0.1, -0.05) is 6.42 Å². The van der Waals surface area contributed by atoms with Gasteiger partial charge >= 0.3 is 5.97 Å². The SMILES string of the molecule is CSCC[C@@H](N)C(=O)NCC1CCCC1C(=O)O. The van der Waals surface area contributed by atoms with Crippen LogP contribution in [-0.2, 0) is 9.59 Å². The highest BCUT2D eigenvalue weighted by Gasteiger charge is 2.33. The molecule has 1 aliphatic carbocycles. The number of hydrogen-bond donors (Lipinski definition) is 3. The van der Waals surface area contributed by atoms with Gasteiger partial charge in [-0.2, -0.15) is 11.8 Å². The van der Waals surface area contributed by atoms with Crippen LogP contribution in [0.15, 0.2) is 0 Å². The summed E-state index contributed by atoms with van der Waals surface area (Å²) in [6, 6.07) is -0.484. The maximum Gasteiger partial charge on any atom is 0.306 e. The average Bonchev–Trinajstić information content (AvgIpc) is 2.81. The van der Waals surface area contributed by atoms with Crippen molar-refractivity contribution in [3.05, 3.63) is 0 Å². The average molecular weight is 274 g/mol. The Bertz CT molecular complexity index is 299. The second-order valence-corrected chi connectivity index (χ2v) is 5.75. The van der Waals surface area contributed by atoms with Crippen LogP contribution >= 0.6 is 11.8 Å². The number of rotatable bonds is 7. The third-order valence-corrected chi connectivity index (χ3v) is 4.13. The molecule has 0 bridgehead atoms. The highest BCUT2D eigenvalue weighted by atomic mass is 32.2. The van der Waals surface area contributed by atoms with Gasteiger partial charge < -0.3 is 16.2 Å². The summed E-state index contributed by atoms with van der Waals surface area (Å²) < 4.78 is 0. The van der Waals surface area contributed by atoms with Gasteiger partial charge in [-0.05, 0) is 37.2 Å². The van der Waals surface area contributed by atoms with Crippen molar-refractivity contribution < 1.29 is 14.7 Å². The van der Waals surface area contributed by atoms with Crippen molar-refractivity contribution in [1.29, 1.82) is 0 Å². The summed E-state index contributed by atoms with van der Waals surface area (Å²) >= 11 is 1.66. The normalized spacial score (nSPS) is 24.8. The monoisotopic (exact) mass is 274 g/mol. The van der Waals surface area contributed by atoms with Gasteiger partial charge in [-0.25, -0.2) is 0 Å². The largest absolute Gasteiger partial charge is 0.481 e. The van der Waals surface area contributed by atoms with Crippen molar-refractivity contribution in [3.63, 3.8) is 0 Å². The molecule has 5 nitrogen and oxygen atoms in total. The van der Waals surface area contributed by atoms with E-state index in [1.807, 2.05) is 6.26 Å². The fraction of sp³-hybridized carbons (Fsp3) is 0.833. The van der Waals surface area contributed by atoms with Crippen molar-refractivity contribution in [2.24, 2.45) is 17.6 Å². The number of hydrogen-bond acceptors (Lipinski definition) is 4. The first-order valence-electron chi connectivity index (χ1n) is 6.31. The first-order chi connectivity index (χ1) is 8.56. The molecule has 4 N–H and O–H groups in total. The van der Waals surface area contributed by atoms with Crippen molar-refractivity contribution in [2.75, 3.05) is 18.6 Å². The number of carbonyl (C=O) groups is 2. The third-order valence-electron chi connectivity index (χ3n) is 3.48. The fourth-order valence-electron chi connectivity index (χ4n) is 2.34. The van der Waals surface area contributed by atoms with Crippen LogP contribution in [0.25, 0.3) is 0 Å². The topological polar surface area (TPSA) is 92.4 Å². The Hall–Kier alpha value is -0.750. The summed E-state index contributed by atoms with van der Waals surface area (Å²) in [7, 11) is 0. The van der Waals surface area contributed by atoms with Crippen LogP contribution in [0, 0.1) is 11.8 Å². The highest BCUT2D eigenvalue weighted by molar-refractivity contribution is 7.98. The van der Waals surface area contributed by atoms with E-state index in [-0.39, 0.29) is 17.7 Å². The van der Waals surface area contributed by atoms with Crippen LogP contribution in [0.2, 0.25) is 0 Å². The molecular weight excluding hydrogens is 252 g/mol. The minimum atomic E-state index is -0.751. The van der Waals surface area contributed by atoms with Gasteiger partial charge in [0.05, 0.1) is 12.0 Å². The molecule has 1 amide bonds. The van der Waals surface area contributed by atoms with Gasteiger partial charge in [0.15, 0.2) is 0 Å². The van der Waals surface area contributed by atoms with Crippen molar-refractivity contribution in [1.82, 2.24) is 5.32 Å². The molecule has 1 saturated carbocycles. The lowest BCUT2D eigenvalue weighted by molar-refractivity contribution is -0.143. The van der Waals surface area contributed by atoms with E-state index in [9.17, 15) is 9.59 Å². The molecular formula is C12H22N2O3S. The quantitative estimate of drug-likeness (QED) is 0.635. The Kier molecular flexibility index (Phi) is 6.49. The summed E-state index contributed by atoms with van der Waals surface area (Å²) in [6.07, 6.45) is 5.14. The molecule has 1 fully saturated rings. The van der Waals surface area contributed by atoms with Gasteiger partial charge in [-0.3, -0.25) is 9.59 Å². The van der Waals surface area contributed by atoms with Crippen LogP contribution < -0.4 is 11.1 Å². The fourth-order valence-corrected chi connectivity index (χ4v) is 2.83. The zero-order chi connectivity index (χ0) is 13.5. The number of nitrogens with one attached hydrogen (secondary N) is 1. The Morgan fingerprint density at radius 1 is 1.50 bits per heavy atom. The predicted octanol–water partition coefficient (Wildman–Crippen LogP) is 0.684. The minimum Gasteiger partial charge on any atom is -0.481 e. The molecule has 0 aromatic carbocycles. The number of carboxylic acid groups (broad SMARTS) is 1. The van der Waals surface area contributed by atoms with Gasteiger partial charge in [0, 0.05) is 6.54 Å². The van der Waals surface area contributed by atoms with Crippen LogP contribution in [0.1, 0.15) is 25.7 Å². The van der Waals surface area contributed by atoms with Crippen molar-refractivity contribution in [2.45, 2.75) is 31.7 Å². The smallest absolute Gasteiger partial charge is 0.306 e. The van der Waals surface area contributed by atoms with Crippen molar-refractivity contribution in [3.8, 4) is 0 Å². The van der Waals surface area contributed by atoms with Gasteiger partial charge in [-0.15, -0.1) is 0 Å². The van der Waals surface area contributed by atoms with E-state index < -0.39 is 12.0 Å². The lowest BCUT2D eigenvalue weighted by Gasteiger charge is -2.18. The summed E-state index contributed by atoms with van der Waals surface area (Å²) in [5.41, 5.74) is 5.74. The maximum atomic E-state index is 11.7. The lowest BCUT2D eigenvalue weighted by Crippen LogP contribution is -2.43. The number of carbonyl (C=O) groups excluding carboxylic acids is 1. The van der Waals surface area contributed by atoms with E-state index in [0.29, 0.717) is 19.4 Å². The molecule has 104 valence electrons. The van der Waals surface area contributed by atoms with E-state index in [1.54, 1.807) is 11.8 Å². The Balaban J connectivity index is 2.31. The van der Waals surface area contributed by atoms with Gasteiger partial charge in [0.25, 0.3) is 0 Å². The molecule has 0 aromatic rings. The Morgan fingerprint density at radius 3 is 2.83 bits per heavy atom. The third kappa shape index (κ3) is 4.49. The molecule has 0 saturated heterocycles.